The summed E-state index contributed by atoms with van der Waals surface area (Å²) in [6.07, 6.45) is -1.26. The second-order valence-electron chi connectivity index (χ2n) is 4.10. The van der Waals surface area contributed by atoms with Crippen LogP contribution in [0.25, 0.3) is 0 Å². The Morgan fingerprint density at radius 3 is 2.85 bits per heavy atom. The number of aryl methyl sites for hydroxylation is 1. The summed E-state index contributed by atoms with van der Waals surface area (Å²) < 4.78 is 42.2. The van der Waals surface area contributed by atoms with Crippen LogP contribution in [0.1, 0.15) is 12.6 Å². The Morgan fingerprint density at radius 2 is 2.15 bits per heavy atom. The monoisotopic (exact) mass is 285 g/mol. The third-order valence-electron chi connectivity index (χ3n) is 2.68. The van der Waals surface area contributed by atoms with Crippen LogP contribution in [0.5, 0.6) is 5.75 Å². The molecule has 20 heavy (non-hydrogen) atoms. The number of rotatable bonds is 5. The van der Waals surface area contributed by atoms with Crippen LogP contribution in [0.3, 0.4) is 0 Å². The van der Waals surface area contributed by atoms with E-state index in [1.165, 1.54) is 18.2 Å². The van der Waals surface area contributed by atoms with E-state index >= 15 is 0 Å². The van der Waals surface area contributed by atoms with Crippen LogP contribution >= 0.6 is 0 Å². The van der Waals surface area contributed by atoms with Gasteiger partial charge in [-0.15, -0.1) is 13.2 Å². The maximum atomic E-state index is 12.1. The van der Waals surface area contributed by atoms with Crippen LogP contribution in [-0.2, 0) is 13.1 Å². The topological polar surface area (TPSA) is 39.1 Å². The third-order valence-corrected chi connectivity index (χ3v) is 2.68. The molecular weight excluding hydrogens is 271 g/mol. The van der Waals surface area contributed by atoms with E-state index in [9.17, 15) is 13.2 Å². The van der Waals surface area contributed by atoms with Crippen molar-refractivity contribution in [2.24, 2.45) is 0 Å². The summed E-state index contributed by atoms with van der Waals surface area (Å²) in [6, 6.07) is 5.74. The standard InChI is InChI=1S/C13H14F3N3O/c1-2-19-9-17-7-11(19)8-18-10-4-3-5-12(6-10)20-13(14,15)16/h3-7,9,18H,2,8H2,1H3. The number of aromatic nitrogens is 2. The first kappa shape index (κ1) is 14.2. The fourth-order valence-corrected chi connectivity index (χ4v) is 1.78. The first-order chi connectivity index (χ1) is 9.48. The van der Waals surface area contributed by atoms with Crippen LogP contribution in [0.2, 0.25) is 0 Å². The minimum atomic E-state index is -4.68. The molecular formula is C13H14F3N3O. The van der Waals surface area contributed by atoms with Crippen molar-refractivity contribution in [2.45, 2.75) is 26.4 Å². The molecule has 108 valence electrons. The number of halogens is 3. The highest BCUT2D eigenvalue weighted by Gasteiger charge is 2.31. The molecule has 0 spiro atoms. The lowest BCUT2D eigenvalue weighted by molar-refractivity contribution is -0.274. The van der Waals surface area contributed by atoms with Gasteiger partial charge < -0.3 is 14.6 Å². The predicted octanol–water partition coefficient (Wildman–Crippen LogP) is 3.41. The molecule has 1 heterocycles. The molecule has 0 aliphatic rings. The zero-order valence-electron chi connectivity index (χ0n) is 10.8. The molecule has 0 radical (unpaired) electrons. The largest absolute Gasteiger partial charge is 0.573 e. The van der Waals surface area contributed by atoms with Crippen molar-refractivity contribution >= 4 is 5.69 Å². The molecule has 1 aromatic heterocycles. The first-order valence-corrected chi connectivity index (χ1v) is 6.06. The number of anilines is 1. The van der Waals surface area contributed by atoms with Gasteiger partial charge in [-0.05, 0) is 19.1 Å². The Labute approximate surface area is 114 Å². The quantitative estimate of drug-likeness (QED) is 0.915. The van der Waals surface area contributed by atoms with E-state index in [-0.39, 0.29) is 5.75 Å². The van der Waals surface area contributed by atoms with Crippen molar-refractivity contribution in [1.29, 1.82) is 0 Å². The normalized spacial score (nSPS) is 11.4. The third kappa shape index (κ3) is 3.91. The van der Waals surface area contributed by atoms with Crippen LogP contribution in [0, 0.1) is 0 Å². The van der Waals surface area contributed by atoms with Gasteiger partial charge in [-0.2, -0.15) is 0 Å². The molecule has 0 saturated heterocycles. The number of imidazole rings is 1. The van der Waals surface area contributed by atoms with Crippen LogP contribution in [-0.4, -0.2) is 15.9 Å². The second kappa shape index (κ2) is 5.85. The van der Waals surface area contributed by atoms with Gasteiger partial charge >= 0.3 is 6.36 Å². The number of nitrogens with one attached hydrogen (secondary N) is 1. The average Bonchev–Trinajstić information content (AvgIpc) is 2.82. The lowest BCUT2D eigenvalue weighted by Gasteiger charge is -2.11. The van der Waals surface area contributed by atoms with E-state index in [0.717, 1.165) is 12.2 Å². The number of benzene rings is 1. The zero-order valence-corrected chi connectivity index (χ0v) is 10.8. The van der Waals surface area contributed by atoms with Crippen LogP contribution in [0.15, 0.2) is 36.8 Å². The summed E-state index contributed by atoms with van der Waals surface area (Å²) in [5.41, 5.74) is 1.50. The molecule has 1 N–H and O–H groups in total. The first-order valence-electron chi connectivity index (χ1n) is 6.06. The molecule has 0 aliphatic heterocycles. The van der Waals surface area contributed by atoms with Crippen LogP contribution in [0.4, 0.5) is 18.9 Å². The number of hydrogen-bond donors (Lipinski definition) is 1. The Balaban J connectivity index is 2.01. The molecule has 0 amide bonds. The molecule has 0 unspecified atom stereocenters. The fraction of sp³-hybridized carbons (Fsp3) is 0.308. The van der Waals surface area contributed by atoms with E-state index in [4.69, 9.17) is 0 Å². The van der Waals surface area contributed by atoms with E-state index in [1.807, 2.05) is 11.5 Å². The summed E-state index contributed by atoms with van der Waals surface area (Å²) in [4.78, 5) is 4.02. The molecule has 2 rings (SSSR count). The van der Waals surface area contributed by atoms with Gasteiger partial charge in [-0.1, -0.05) is 6.07 Å². The van der Waals surface area contributed by atoms with Gasteiger partial charge in [0.1, 0.15) is 5.75 Å². The minimum absolute atomic E-state index is 0.244. The maximum absolute atomic E-state index is 12.1. The van der Waals surface area contributed by atoms with E-state index in [1.54, 1.807) is 18.6 Å². The fourth-order valence-electron chi connectivity index (χ4n) is 1.78. The minimum Gasteiger partial charge on any atom is -0.406 e. The van der Waals surface area contributed by atoms with Gasteiger partial charge in [0.25, 0.3) is 0 Å². The van der Waals surface area contributed by atoms with E-state index in [2.05, 4.69) is 15.0 Å². The van der Waals surface area contributed by atoms with Gasteiger partial charge in [0, 0.05) is 24.5 Å². The van der Waals surface area contributed by atoms with Gasteiger partial charge in [0.2, 0.25) is 0 Å². The van der Waals surface area contributed by atoms with Crippen molar-refractivity contribution in [3.8, 4) is 5.75 Å². The lowest BCUT2D eigenvalue weighted by atomic mass is 10.3. The highest BCUT2D eigenvalue weighted by atomic mass is 19.4. The van der Waals surface area contributed by atoms with E-state index < -0.39 is 6.36 Å². The molecule has 0 saturated carbocycles. The van der Waals surface area contributed by atoms with Crippen LogP contribution < -0.4 is 10.1 Å². The SMILES string of the molecule is CCn1cncc1CNc1cccc(OC(F)(F)F)c1. The molecule has 0 aliphatic carbocycles. The molecule has 0 atom stereocenters. The Bertz CT molecular complexity index is 566. The van der Waals surface area contributed by atoms with E-state index in [0.29, 0.717) is 12.2 Å². The highest BCUT2D eigenvalue weighted by molar-refractivity contribution is 5.48. The molecule has 4 nitrogen and oxygen atoms in total. The summed E-state index contributed by atoms with van der Waals surface area (Å²) in [5.74, 6) is -0.244. The molecule has 2 aromatic rings. The average molecular weight is 285 g/mol. The highest BCUT2D eigenvalue weighted by Crippen LogP contribution is 2.25. The Hall–Kier alpha value is -2.18. The summed E-state index contributed by atoms with van der Waals surface area (Å²) in [6.45, 7) is 3.25. The zero-order chi connectivity index (χ0) is 14.6. The number of hydrogen-bond acceptors (Lipinski definition) is 3. The Kier molecular flexibility index (Phi) is 4.16. The second-order valence-corrected chi connectivity index (χ2v) is 4.10. The Morgan fingerprint density at radius 1 is 1.35 bits per heavy atom. The van der Waals surface area contributed by atoms with Crippen molar-refractivity contribution < 1.29 is 17.9 Å². The summed E-state index contributed by atoms with van der Waals surface area (Å²) >= 11 is 0. The maximum Gasteiger partial charge on any atom is 0.573 e. The summed E-state index contributed by atoms with van der Waals surface area (Å²) in [7, 11) is 0. The summed E-state index contributed by atoms with van der Waals surface area (Å²) in [5, 5.41) is 3.04. The predicted molar refractivity (Wildman–Crippen MR) is 68.4 cm³/mol. The smallest absolute Gasteiger partial charge is 0.406 e. The van der Waals surface area contributed by atoms with Crippen molar-refractivity contribution in [3.05, 3.63) is 42.5 Å². The van der Waals surface area contributed by atoms with Crippen molar-refractivity contribution in [1.82, 2.24) is 9.55 Å². The van der Waals surface area contributed by atoms with Crippen molar-refractivity contribution in [3.63, 3.8) is 0 Å². The number of alkyl halides is 3. The molecule has 1 aromatic carbocycles. The molecule has 7 heteroatoms. The number of nitrogens with zero attached hydrogens (tertiary/aromatic N) is 2. The van der Waals surface area contributed by atoms with Gasteiger partial charge in [0.05, 0.1) is 18.6 Å². The van der Waals surface area contributed by atoms with Crippen molar-refractivity contribution in [2.75, 3.05) is 5.32 Å². The lowest BCUT2D eigenvalue weighted by Crippen LogP contribution is -2.17. The molecule has 0 fully saturated rings. The molecule has 0 bridgehead atoms. The number of ether oxygens (including phenoxy) is 1. The van der Waals surface area contributed by atoms with Gasteiger partial charge in [-0.25, -0.2) is 4.98 Å². The van der Waals surface area contributed by atoms with Gasteiger partial charge in [0.15, 0.2) is 0 Å². The van der Waals surface area contributed by atoms with Gasteiger partial charge in [-0.3, -0.25) is 0 Å².